The maximum Gasteiger partial charge on any atom is 0.252 e. The SMILES string of the molecule is O=S(=O)(c1cccs1)N(CC1CC1)C1CCN(CCc2ccc(Cl)cc2)CC1. The summed E-state index contributed by atoms with van der Waals surface area (Å²) in [5.74, 6) is 0.553. The monoisotopic (exact) mass is 438 g/mol. The van der Waals surface area contributed by atoms with Crippen LogP contribution >= 0.6 is 22.9 Å². The zero-order chi connectivity index (χ0) is 19.6. The Kier molecular flexibility index (Phi) is 6.43. The first kappa shape index (κ1) is 20.4. The van der Waals surface area contributed by atoms with Gasteiger partial charge in [-0.15, -0.1) is 11.3 Å². The lowest BCUT2D eigenvalue weighted by Gasteiger charge is -2.37. The number of nitrogens with zero attached hydrogens (tertiary/aromatic N) is 2. The third-order valence-electron chi connectivity index (χ3n) is 5.79. The van der Waals surface area contributed by atoms with E-state index in [0.29, 0.717) is 16.7 Å². The fourth-order valence-corrected chi connectivity index (χ4v) is 6.90. The Bertz CT molecular complexity index is 856. The maximum absolute atomic E-state index is 13.2. The second kappa shape index (κ2) is 8.84. The Morgan fingerprint density at radius 3 is 2.39 bits per heavy atom. The summed E-state index contributed by atoms with van der Waals surface area (Å²) in [6, 6.07) is 11.7. The summed E-state index contributed by atoms with van der Waals surface area (Å²) >= 11 is 7.28. The van der Waals surface area contributed by atoms with Crippen LogP contribution in [0.25, 0.3) is 0 Å². The van der Waals surface area contributed by atoms with Gasteiger partial charge in [0.15, 0.2) is 0 Å². The molecule has 28 heavy (non-hydrogen) atoms. The molecule has 0 radical (unpaired) electrons. The van der Waals surface area contributed by atoms with Crippen LogP contribution in [0.3, 0.4) is 0 Å². The van der Waals surface area contributed by atoms with Crippen molar-refractivity contribution in [2.24, 2.45) is 5.92 Å². The van der Waals surface area contributed by atoms with E-state index in [1.54, 1.807) is 6.07 Å². The third-order valence-corrected chi connectivity index (χ3v) is 9.33. The van der Waals surface area contributed by atoms with Gasteiger partial charge in [-0.1, -0.05) is 29.8 Å². The number of piperidine rings is 1. The van der Waals surface area contributed by atoms with E-state index < -0.39 is 10.0 Å². The molecule has 2 heterocycles. The Morgan fingerprint density at radius 2 is 1.79 bits per heavy atom. The first-order valence-corrected chi connectivity index (χ1v) is 12.7. The number of thiophene rings is 1. The van der Waals surface area contributed by atoms with Gasteiger partial charge in [0, 0.05) is 24.2 Å². The Labute approximate surface area is 177 Å². The highest BCUT2D eigenvalue weighted by Gasteiger charge is 2.38. The van der Waals surface area contributed by atoms with Crippen molar-refractivity contribution in [2.45, 2.75) is 42.4 Å². The minimum absolute atomic E-state index is 0.125. The average Bonchev–Trinajstić information content (AvgIpc) is 3.34. The molecule has 2 aliphatic rings. The molecule has 2 aromatic rings. The molecule has 1 saturated heterocycles. The number of halogens is 1. The van der Waals surface area contributed by atoms with Crippen molar-refractivity contribution in [3.8, 4) is 0 Å². The number of likely N-dealkylation sites (tertiary alicyclic amines) is 1. The second-order valence-electron chi connectivity index (χ2n) is 7.90. The van der Waals surface area contributed by atoms with Gasteiger partial charge in [-0.2, -0.15) is 4.31 Å². The zero-order valence-corrected chi connectivity index (χ0v) is 18.4. The van der Waals surface area contributed by atoms with Crippen molar-refractivity contribution < 1.29 is 8.42 Å². The molecule has 7 heteroatoms. The molecule has 0 atom stereocenters. The molecule has 4 rings (SSSR count). The number of benzene rings is 1. The quantitative estimate of drug-likeness (QED) is 0.608. The van der Waals surface area contributed by atoms with Gasteiger partial charge in [-0.25, -0.2) is 8.42 Å². The highest BCUT2D eigenvalue weighted by Crippen LogP contribution is 2.35. The van der Waals surface area contributed by atoms with E-state index in [0.717, 1.165) is 56.8 Å². The molecule has 0 amide bonds. The van der Waals surface area contributed by atoms with Crippen LogP contribution in [0.1, 0.15) is 31.2 Å². The molecule has 1 aliphatic heterocycles. The van der Waals surface area contributed by atoms with E-state index >= 15 is 0 Å². The summed E-state index contributed by atoms with van der Waals surface area (Å²) in [6.07, 6.45) is 5.16. The number of sulfonamides is 1. The minimum atomic E-state index is -3.37. The molecule has 152 valence electrons. The Morgan fingerprint density at radius 1 is 1.07 bits per heavy atom. The van der Waals surface area contributed by atoms with Crippen molar-refractivity contribution in [1.82, 2.24) is 9.21 Å². The van der Waals surface area contributed by atoms with E-state index in [-0.39, 0.29) is 6.04 Å². The predicted octanol–water partition coefficient (Wildman–Crippen LogP) is 4.51. The molecule has 4 nitrogen and oxygen atoms in total. The van der Waals surface area contributed by atoms with Crippen LogP contribution in [0.15, 0.2) is 46.0 Å². The van der Waals surface area contributed by atoms with E-state index in [9.17, 15) is 8.42 Å². The molecular weight excluding hydrogens is 412 g/mol. The molecule has 1 aliphatic carbocycles. The van der Waals surface area contributed by atoms with E-state index in [1.165, 1.54) is 16.9 Å². The molecule has 0 spiro atoms. The lowest BCUT2D eigenvalue weighted by atomic mass is 10.0. The van der Waals surface area contributed by atoms with E-state index in [1.807, 2.05) is 27.9 Å². The smallest absolute Gasteiger partial charge is 0.252 e. The third kappa shape index (κ3) is 4.97. The topological polar surface area (TPSA) is 40.6 Å². The predicted molar refractivity (Wildman–Crippen MR) is 116 cm³/mol. The van der Waals surface area contributed by atoms with Gasteiger partial charge in [0.25, 0.3) is 10.0 Å². The summed E-state index contributed by atoms with van der Waals surface area (Å²) < 4.78 is 28.7. The molecule has 0 unspecified atom stereocenters. The molecule has 1 aromatic heterocycles. The van der Waals surface area contributed by atoms with Crippen LogP contribution in [0.5, 0.6) is 0 Å². The second-order valence-corrected chi connectivity index (χ2v) is 11.4. The molecular formula is C21H27ClN2O2S2. The van der Waals surface area contributed by atoms with Crippen LogP contribution in [-0.4, -0.2) is 49.8 Å². The maximum atomic E-state index is 13.2. The van der Waals surface area contributed by atoms with Crippen molar-refractivity contribution in [2.75, 3.05) is 26.2 Å². The summed E-state index contributed by atoms with van der Waals surface area (Å²) in [5.41, 5.74) is 1.29. The van der Waals surface area contributed by atoms with Crippen molar-refractivity contribution >= 4 is 33.0 Å². The van der Waals surface area contributed by atoms with Crippen LogP contribution in [-0.2, 0) is 16.4 Å². The fourth-order valence-electron chi connectivity index (χ4n) is 3.89. The van der Waals surface area contributed by atoms with Gasteiger partial charge in [0.1, 0.15) is 4.21 Å². The van der Waals surface area contributed by atoms with E-state index in [2.05, 4.69) is 17.0 Å². The van der Waals surface area contributed by atoms with Gasteiger partial charge < -0.3 is 4.90 Å². The first-order valence-electron chi connectivity index (χ1n) is 10.0. The standard InChI is InChI=1S/C21H27ClN2O2S2/c22-19-7-5-17(6-8-19)9-12-23-13-10-20(11-14-23)24(16-18-3-4-18)28(25,26)21-2-1-15-27-21/h1-2,5-8,15,18,20H,3-4,9-14,16H2. The van der Waals surface area contributed by atoms with E-state index in [4.69, 9.17) is 11.6 Å². The molecule has 0 bridgehead atoms. The zero-order valence-electron chi connectivity index (χ0n) is 16.0. The lowest BCUT2D eigenvalue weighted by molar-refractivity contribution is 0.158. The molecule has 1 aromatic carbocycles. The largest absolute Gasteiger partial charge is 0.303 e. The molecule has 2 fully saturated rings. The molecule has 1 saturated carbocycles. The van der Waals surface area contributed by atoms with Crippen LogP contribution in [0.4, 0.5) is 0 Å². The minimum Gasteiger partial charge on any atom is -0.303 e. The normalized spacial score (nSPS) is 19.4. The molecule has 0 N–H and O–H groups in total. The van der Waals surface area contributed by atoms with Crippen molar-refractivity contribution in [1.29, 1.82) is 0 Å². The highest BCUT2D eigenvalue weighted by molar-refractivity contribution is 7.91. The Hall–Kier alpha value is -0.920. The summed E-state index contributed by atoms with van der Waals surface area (Å²) in [7, 11) is -3.37. The summed E-state index contributed by atoms with van der Waals surface area (Å²) in [4.78, 5) is 2.46. The summed E-state index contributed by atoms with van der Waals surface area (Å²) in [5, 5.41) is 2.62. The van der Waals surface area contributed by atoms with Gasteiger partial charge >= 0.3 is 0 Å². The van der Waals surface area contributed by atoms with Gasteiger partial charge in [-0.3, -0.25) is 0 Å². The summed E-state index contributed by atoms with van der Waals surface area (Å²) in [6.45, 7) is 3.61. The Balaban J connectivity index is 1.35. The van der Waals surface area contributed by atoms with Gasteiger partial charge in [0.05, 0.1) is 0 Å². The number of rotatable bonds is 8. The van der Waals surface area contributed by atoms with Gasteiger partial charge in [-0.05, 0) is 80.3 Å². The van der Waals surface area contributed by atoms with Crippen LogP contribution in [0.2, 0.25) is 5.02 Å². The van der Waals surface area contributed by atoms with Crippen LogP contribution in [0, 0.1) is 5.92 Å². The lowest BCUT2D eigenvalue weighted by Crippen LogP contribution is -2.48. The van der Waals surface area contributed by atoms with Crippen LogP contribution < -0.4 is 0 Å². The average molecular weight is 439 g/mol. The first-order chi connectivity index (χ1) is 13.5. The van der Waals surface area contributed by atoms with Gasteiger partial charge in [0.2, 0.25) is 0 Å². The highest BCUT2D eigenvalue weighted by atomic mass is 35.5. The van der Waals surface area contributed by atoms with Crippen molar-refractivity contribution in [3.05, 3.63) is 52.4 Å². The van der Waals surface area contributed by atoms with Crippen molar-refractivity contribution in [3.63, 3.8) is 0 Å². The fraction of sp³-hybridized carbons (Fsp3) is 0.524. The number of hydrogen-bond donors (Lipinski definition) is 0. The number of hydrogen-bond acceptors (Lipinski definition) is 4.